The first-order valence-corrected chi connectivity index (χ1v) is 7.30. The molecule has 1 N–H and O–H groups in total. The molecule has 2 unspecified atom stereocenters. The van der Waals surface area contributed by atoms with Gasteiger partial charge >= 0.3 is 6.03 Å². The van der Waals surface area contributed by atoms with Gasteiger partial charge in [0.15, 0.2) is 0 Å². The fraction of sp³-hybridized carbons (Fsp3) is 0.267. The lowest BCUT2D eigenvalue weighted by atomic mass is 9.94. The molecule has 1 aliphatic rings. The molecule has 5 nitrogen and oxygen atoms in total. The van der Waals surface area contributed by atoms with Crippen LogP contribution in [0.2, 0.25) is 0 Å². The summed E-state index contributed by atoms with van der Waals surface area (Å²) in [5.74, 6) is -2.13. The normalized spacial score (nSPS) is 20.2. The Hall–Kier alpha value is -1.95. The summed E-state index contributed by atoms with van der Waals surface area (Å²) in [5.41, 5.74) is 0.545. The van der Waals surface area contributed by atoms with E-state index in [9.17, 15) is 14.4 Å². The first-order valence-electron chi connectivity index (χ1n) is 6.50. The maximum absolute atomic E-state index is 12.6. The number of benzene rings is 1. The molecule has 2 rings (SSSR count). The Morgan fingerprint density at radius 1 is 1.38 bits per heavy atom. The second-order valence-electron chi connectivity index (χ2n) is 4.83. The van der Waals surface area contributed by atoms with E-state index in [0.717, 1.165) is 4.90 Å². The maximum Gasteiger partial charge on any atom is 0.331 e. The second-order valence-corrected chi connectivity index (χ2v) is 5.68. The quantitative estimate of drug-likeness (QED) is 0.670. The molecule has 6 heteroatoms. The van der Waals surface area contributed by atoms with Crippen molar-refractivity contribution in [1.82, 2.24) is 10.2 Å². The minimum Gasteiger partial charge on any atom is -0.277 e. The Bertz CT molecular complexity index is 615. The number of carbonyl (C=O) groups excluding carboxylic acids is 3. The Morgan fingerprint density at radius 3 is 2.67 bits per heavy atom. The number of amides is 4. The minimum absolute atomic E-state index is 0.354. The van der Waals surface area contributed by atoms with Crippen LogP contribution in [0.5, 0.6) is 0 Å². The summed E-state index contributed by atoms with van der Waals surface area (Å²) in [4.78, 5) is 37.7. The molecule has 110 valence electrons. The molecule has 1 saturated heterocycles. The van der Waals surface area contributed by atoms with E-state index in [1.54, 1.807) is 37.3 Å². The van der Waals surface area contributed by atoms with E-state index in [-0.39, 0.29) is 6.04 Å². The van der Waals surface area contributed by atoms with Crippen molar-refractivity contribution in [3.05, 3.63) is 47.0 Å². The number of halogens is 1. The molecule has 1 fully saturated rings. The number of nitrogens with one attached hydrogen (secondary N) is 1. The van der Waals surface area contributed by atoms with E-state index in [1.807, 2.05) is 0 Å². The molecule has 1 aromatic carbocycles. The lowest BCUT2D eigenvalue weighted by molar-refractivity contribution is -0.139. The molecule has 0 aromatic heterocycles. The number of nitrogens with zero attached hydrogens (tertiary/aromatic N) is 1. The summed E-state index contributed by atoms with van der Waals surface area (Å²) < 4.78 is 0.657. The van der Waals surface area contributed by atoms with Gasteiger partial charge in [-0.1, -0.05) is 40.2 Å². The minimum atomic E-state index is -1.02. The predicted octanol–water partition coefficient (Wildman–Crippen LogP) is 2.58. The number of urea groups is 1. The molecular weight excluding hydrogens is 336 g/mol. The second kappa shape index (κ2) is 6.22. The highest BCUT2D eigenvalue weighted by molar-refractivity contribution is 9.10. The average Bonchev–Trinajstić information content (AvgIpc) is 2.40. The van der Waals surface area contributed by atoms with Crippen molar-refractivity contribution in [1.29, 1.82) is 0 Å². The summed E-state index contributed by atoms with van der Waals surface area (Å²) in [7, 11) is 0. The molecular formula is C15H15BrN2O3. The fourth-order valence-electron chi connectivity index (χ4n) is 2.34. The zero-order valence-corrected chi connectivity index (χ0v) is 13.1. The van der Waals surface area contributed by atoms with Crippen molar-refractivity contribution in [3.63, 3.8) is 0 Å². The van der Waals surface area contributed by atoms with E-state index in [0.29, 0.717) is 16.5 Å². The first kappa shape index (κ1) is 15.4. The molecule has 0 bridgehead atoms. The zero-order chi connectivity index (χ0) is 15.6. The molecule has 0 radical (unpaired) electrons. The number of hydrogen-bond acceptors (Lipinski definition) is 3. The monoisotopic (exact) mass is 350 g/mol. The predicted molar refractivity (Wildman–Crippen MR) is 81.5 cm³/mol. The van der Waals surface area contributed by atoms with Crippen LogP contribution >= 0.6 is 15.9 Å². The molecule has 0 saturated carbocycles. The van der Waals surface area contributed by atoms with E-state index in [1.165, 1.54) is 0 Å². The summed E-state index contributed by atoms with van der Waals surface area (Å²) in [6, 6.07) is 5.95. The zero-order valence-electron chi connectivity index (χ0n) is 11.5. The number of barbiturate groups is 1. The van der Waals surface area contributed by atoms with Crippen LogP contribution in [0.25, 0.3) is 0 Å². The van der Waals surface area contributed by atoms with Gasteiger partial charge in [0.25, 0.3) is 0 Å². The highest BCUT2D eigenvalue weighted by atomic mass is 79.9. The molecule has 0 aliphatic carbocycles. The Balaban J connectivity index is 2.40. The van der Waals surface area contributed by atoms with Gasteiger partial charge < -0.3 is 0 Å². The van der Waals surface area contributed by atoms with Crippen LogP contribution in [0.15, 0.2) is 41.4 Å². The van der Waals surface area contributed by atoms with Gasteiger partial charge in [0.05, 0.1) is 0 Å². The SMILES string of the molecule is C=CCC(C)N1C(=O)NC(=O)C(c2ccccc2Br)C1=O. The molecule has 1 heterocycles. The van der Waals surface area contributed by atoms with Crippen LogP contribution in [-0.2, 0) is 9.59 Å². The van der Waals surface area contributed by atoms with Crippen LogP contribution in [0.1, 0.15) is 24.8 Å². The summed E-state index contributed by atoms with van der Waals surface area (Å²) >= 11 is 3.34. The third kappa shape index (κ3) is 2.90. The van der Waals surface area contributed by atoms with Gasteiger partial charge in [0.2, 0.25) is 11.8 Å². The van der Waals surface area contributed by atoms with Crippen LogP contribution < -0.4 is 5.32 Å². The largest absolute Gasteiger partial charge is 0.331 e. The fourth-order valence-corrected chi connectivity index (χ4v) is 2.85. The van der Waals surface area contributed by atoms with E-state index < -0.39 is 23.8 Å². The van der Waals surface area contributed by atoms with Gasteiger partial charge in [-0.2, -0.15) is 0 Å². The number of rotatable bonds is 4. The number of imide groups is 2. The highest BCUT2D eigenvalue weighted by Gasteiger charge is 2.43. The summed E-state index contributed by atoms with van der Waals surface area (Å²) in [6.07, 6.45) is 2.10. The Morgan fingerprint density at radius 2 is 2.05 bits per heavy atom. The van der Waals surface area contributed by atoms with E-state index >= 15 is 0 Å². The number of hydrogen-bond donors (Lipinski definition) is 1. The lowest BCUT2D eigenvalue weighted by Crippen LogP contribution is -2.59. The number of carbonyl (C=O) groups is 3. The van der Waals surface area contributed by atoms with Gasteiger partial charge in [-0.25, -0.2) is 4.79 Å². The highest BCUT2D eigenvalue weighted by Crippen LogP contribution is 2.29. The van der Waals surface area contributed by atoms with Crippen molar-refractivity contribution >= 4 is 33.8 Å². The Labute approximate surface area is 131 Å². The lowest BCUT2D eigenvalue weighted by Gasteiger charge is -2.34. The van der Waals surface area contributed by atoms with Crippen molar-refractivity contribution in [2.45, 2.75) is 25.3 Å². The average molecular weight is 351 g/mol. The topological polar surface area (TPSA) is 66.5 Å². The maximum atomic E-state index is 12.6. The van der Waals surface area contributed by atoms with Gasteiger partial charge in [-0.15, -0.1) is 6.58 Å². The van der Waals surface area contributed by atoms with E-state index in [2.05, 4.69) is 27.8 Å². The first-order chi connectivity index (χ1) is 9.97. The molecule has 4 amide bonds. The van der Waals surface area contributed by atoms with Crippen molar-refractivity contribution in [3.8, 4) is 0 Å². The third-order valence-electron chi connectivity index (χ3n) is 3.36. The van der Waals surface area contributed by atoms with Crippen molar-refractivity contribution < 1.29 is 14.4 Å². The third-order valence-corrected chi connectivity index (χ3v) is 4.08. The smallest absolute Gasteiger partial charge is 0.277 e. The molecule has 2 atom stereocenters. The summed E-state index contributed by atoms with van der Waals surface area (Å²) in [5, 5.41) is 2.25. The van der Waals surface area contributed by atoms with Gasteiger partial charge in [0.1, 0.15) is 5.92 Å². The van der Waals surface area contributed by atoms with Gasteiger partial charge in [-0.05, 0) is 25.0 Å². The molecule has 21 heavy (non-hydrogen) atoms. The molecule has 1 aliphatic heterocycles. The van der Waals surface area contributed by atoms with E-state index in [4.69, 9.17) is 0 Å². The van der Waals surface area contributed by atoms with Gasteiger partial charge in [-0.3, -0.25) is 19.8 Å². The Kier molecular flexibility index (Phi) is 4.57. The molecule has 0 spiro atoms. The van der Waals surface area contributed by atoms with Crippen molar-refractivity contribution in [2.24, 2.45) is 0 Å². The van der Waals surface area contributed by atoms with Crippen LogP contribution in [-0.4, -0.2) is 28.8 Å². The van der Waals surface area contributed by atoms with Crippen molar-refractivity contribution in [2.75, 3.05) is 0 Å². The summed E-state index contributed by atoms with van der Waals surface area (Å²) in [6.45, 7) is 5.35. The van der Waals surface area contributed by atoms with Crippen LogP contribution in [0, 0.1) is 0 Å². The van der Waals surface area contributed by atoms with Crippen LogP contribution in [0.3, 0.4) is 0 Å². The van der Waals surface area contributed by atoms with Crippen LogP contribution in [0.4, 0.5) is 4.79 Å². The van der Waals surface area contributed by atoms with Gasteiger partial charge in [0, 0.05) is 10.5 Å². The molecule has 1 aromatic rings. The standard InChI is InChI=1S/C15H15BrN2O3/c1-3-6-9(2)18-14(20)12(13(19)17-15(18)21)10-7-4-5-8-11(10)16/h3-5,7-9,12H,1,6H2,2H3,(H,17,19,21).